The molecule has 37 heavy (non-hydrogen) atoms. The highest BCUT2D eigenvalue weighted by atomic mass is 16.7. The third kappa shape index (κ3) is 17.3. The van der Waals surface area contributed by atoms with Gasteiger partial charge in [0.15, 0.2) is 0 Å². The topological polar surface area (TPSA) is 101 Å². The maximum Gasteiger partial charge on any atom is 0.335 e. The van der Waals surface area contributed by atoms with Gasteiger partial charge >= 0.3 is 5.97 Å². The van der Waals surface area contributed by atoms with Crippen molar-refractivity contribution in [2.75, 3.05) is 52.9 Å². The van der Waals surface area contributed by atoms with Crippen molar-refractivity contribution in [2.24, 2.45) is 5.41 Å². The fraction of sp³-hybridized carbons (Fsp3) is 0.679. The fourth-order valence-electron chi connectivity index (χ4n) is 2.76. The van der Waals surface area contributed by atoms with E-state index in [1.165, 1.54) is 0 Å². The Morgan fingerprint density at radius 2 is 1.05 bits per heavy atom. The molecule has 0 aromatic carbocycles. The zero-order valence-corrected chi connectivity index (χ0v) is 18.8. The lowest BCUT2D eigenvalue weighted by Gasteiger charge is -2.33. The maximum absolute atomic E-state index is 12.0. The third-order valence-electron chi connectivity index (χ3n) is 4.45. The molecule has 212 valence electrons. The Kier molecular flexibility index (Phi) is 27.7. The predicted octanol–water partition coefficient (Wildman–Crippen LogP) is 3.65. The highest BCUT2D eigenvalue weighted by molar-refractivity contribution is 6.01. The molecular weight excluding hydrogens is 478 g/mol. The van der Waals surface area contributed by atoms with Crippen molar-refractivity contribution < 1.29 is 38.2 Å². The van der Waals surface area contributed by atoms with Crippen LogP contribution in [0, 0.1) is 42.4 Å². The third-order valence-corrected chi connectivity index (χ3v) is 4.45. The summed E-state index contributed by atoms with van der Waals surface area (Å²) in [6, 6.07) is 0. The smallest absolute Gasteiger partial charge is 0.335 e. The Morgan fingerprint density at radius 1 is 0.703 bits per heavy atom. The summed E-state index contributed by atoms with van der Waals surface area (Å²) in [6.07, 6.45) is 17.1. The lowest BCUT2D eigenvalue weighted by atomic mass is 9.92. The molecule has 0 bridgehead atoms. The van der Waals surface area contributed by atoms with E-state index in [-0.39, 0.29) is 82.0 Å². The van der Waals surface area contributed by atoms with Crippen molar-refractivity contribution in [1.82, 2.24) is 5.06 Å². The summed E-state index contributed by atoms with van der Waals surface area (Å²) in [6.45, 7) is 1.93. The number of rotatable bonds is 18. The first-order valence-corrected chi connectivity index (χ1v) is 10.7. The van der Waals surface area contributed by atoms with Gasteiger partial charge < -0.3 is 23.8 Å². The van der Waals surface area contributed by atoms with Crippen molar-refractivity contribution >= 4 is 17.8 Å². The van der Waals surface area contributed by atoms with Gasteiger partial charge in [-0.3, -0.25) is 9.59 Å². The molecule has 0 unspecified atom stereocenters. The van der Waals surface area contributed by atoms with Crippen molar-refractivity contribution in [1.29, 1.82) is 0 Å². The van der Waals surface area contributed by atoms with Crippen LogP contribution in [0.25, 0.3) is 0 Å². The second-order valence-electron chi connectivity index (χ2n) is 7.37. The zero-order chi connectivity index (χ0) is 24.4. The number of carbonyl (C=O) groups excluding carboxylic acids is 3. The zero-order valence-electron chi connectivity index (χ0n) is 18.8. The first kappa shape index (κ1) is 41.3. The number of hydrogen-bond donors (Lipinski definition) is 0. The Bertz CT molecular complexity index is 689. The number of hydroxylamine groups is 2. The van der Waals surface area contributed by atoms with Crippen LogP contribution in [0.3, 0.4) is 0 Å². The van der Waals surface area contributed by atoms with E-state index >= 15 is 0 Å². The molecule has 0 saturated carbocycles. The van der Waals surface area contributed by atoms with Crippen LogP contribution in [0.4, 0.5) is 0 Å². The number of nitrogens with zero attached hydrogens (tertiary/aromatic N) is 1. The van der Waals surface area contributed by atoms with Gasteiger partial charge in [0.25, 0.3) is 11.8 Å². The largest absolute Gasteiger partial charge is 0.380 e. The summed E-state index contributed by atoms with van der Waals surface area (Å²) in [5.74, 6) is 5.71. The summed E-state index contributed by atoms with van der Waals surface area (Å²) < 4.78 is 22.8. The number of ether oxygens (including phenoxy) is 4. The van der Waals surface area contributed by atoms with E-state index < -0.39 is 23.2 Å². The van der Waals surface area contributed by atoms with Gasteiger partial charge in [0.1, 0.15) is 0 Å². The van der Waals surface area contributed by atoms with Gasteiger partial charge in [-0.25, -0.2) is 4.79 Å². The van der Waals surface area contributed by atoms with Crippen LogP contribution in [0.1, 0.15) is 68.2 Å². The van der Waals surface area contributed by atoms with Gasteiger partial charge in [-0.05, 0) is 0 Å². The highest BCUT2D eigenvalue weighted by Crippen LogP contribution is 2.21. The van der Waals surface area contributed by atoms with E-state index in [1.807, 2.05) is 0 Å². The minimum absolute atomic E-state index is 0. The molecule has 1 fully saturated rings. The van der Waals surface area contributed by atoms with Gasteiger partial charge in [-0.1, -0.05) is 29.7 Å². The van der Waals surface area contributed by atoms with Gasteiger partial charge in [0.05, 0.1) is 64.7 Å². The van der Waals surface area contributed by atoms with Crippen molar-refractivity contribution in [3.63, 3.8) is 0 Å². The van der Waals surface area contributed by atoms with Crippen LogP contribution in [-0.4, -0.2) is 75.7 Å². The number of carbonyl (C=O) groups is 3. The van der Waals surface area contributed by atoms with E-state index in [2.05, 4.69) is 17.8 Å². The SMILES string of the molecule is C.C.C.C.C#CCCOCC(COCCC#C)(COCCC#C)COCCC(=O)ON1C(=O)CCC1=O. The van der Waals surface area contributed by atoms with Gasteiger partial charge in [-0.15, -0.1) is 42.1 Å². The number of hydrogen-bond acceptors (Lipinski definition) is 8. The predicted molar refractivity (Wildman–Crippen MR) is 145 cm³/mol. The van der Waals surface area contributed by atoms with E-state index in [1.54, 1.807) is 0 Å². The second kappa shape index (κ2) is 24.8. The van der Waals surface area contributed by atoms with Crippen molar-refractivity contribution in [2.45, 2.75) is 68.2 Å². The standard InChI is InChI=1S/C24H31NO8.4CH4/c1-4-7-13-29-17-24(18-30-14-8-5-2,19-31-15-9-6-3)20-32-16-12-23(28)33-25-21(26)10-11-22(25)27;;;;/h1-3H,7-20H2;4*1H4. The molecule has 9 heteroatoms. The molecule has 0 aromatic rings. The molecule has 0 aliphatic carbocycles. The minimum atomic E-state index is -0.745. The molecular formula is C28H47NO8. The Hall–Kier alpha value is -2.87. The molecule has 0 N–H and O–H groups in total. The normalized spacial score (nSPS) is 12.0. The first-order valence-electron chi connectivity index (χ1n) is 10.7. The summed E-state index contributed by atoms with van der Waals surface area (Å²) in [7, 11) is 0. The van der Waals surface area contributed by atoms with E-state index in [0.717, 1.165) is 0 Å². The molecule has 2 amide bonds. The van der Waals surface area contributed by atoms with Crippen LogP contribution in [0.5, 0.6) is 0 Å². The molecule has 1 aliphatic rings. The molecule has 1 aliphatic heterocycles. The Morgan fingerprint density at radius 3 is 1.41 bits per heavy atom. The lowest BCUT2D eigenvalue weighted by Crippen LogP contribution is -2.42. The number of imide groups is 1. The highest BCUT2D eigenvalue weighted by Gasteiger charge is 2.34. The molecule has 0 atom stereocenters. The van der Waals surface area contributed by atoms with E-state index in [0.29, 0.717) is 44.1 Å². The van der Waals surface area contributed by atoms with E-state index in [9.17, 15) is 14.4 Å². The monoisotopic (exact) mass is 525 g/mol. The molecule has 0 aromatic heterocycles. The lowest BCUT2D eigenvalue weighted by molar-refractivity contribution is -0.198. The Balaban J connectivity index is -0.00000136. The number of terminal acetylenes is 3. The molecule has 0 spiro atoms. The van der Waals surface area contributed by atoms with Gasteiger partial charge in [-0.2, -0.15) is 0 Å². The molecule has 0 radical (unpaired) electrons. The van der Waals surface area contributed by atoms with Gasteiger partial charge in [0.2, 0.25) is 0 Å². The number of amides is 2. The molecule has 9 nitrogen and oxygen atoms in total. The first-order chi connectivity index (χ1) is 16.0. The summed E-state index contributed by atoms with van der Waals surface area (Å²) in [4.78, 5) is 39.9. The van der Waals surface area contributed by atoms with Gasteiger partial charge in [0, 0.05) is 32.1 Å². The summed E-state index contributed by atoms with van der Waals surface area (Å²) in [5, 5.41) is 0.505. The fourth-order valence-corrected chi connectivity index (χ4v) is 2.76. The molecule has 1 saturated heterocycles. The second-order valence-corrected chi connectivity index (χ2v) is 7.37. The quantitative estimate of drug-likeness (QED) is 0.152. The summed E-state index contributed by atoms with van der Waals surface area (Å²) >= 11 is 0. The van der Waals surface area contributed by atoms with Crippen LogP contribution >= 0.6 is 0 Å². The van der Waals surface area contributed by atoms with Crippen LogP contribution in [0.15, 0.2) is 0 Å². The van der Waals surface area contributed by atoms with E-state index in [4.69, 9.17) is 43.1 Å². The summed E-state index contributed by atoms with van der Waals surface area (Å²) in [5.41, 5.74) is -0.692. The van der Waals surface area contributed by atoms with Crippen molar-refractivity contribution in [3.05, 3.63) is 0 Å². The molecule has 1 heterocycles. The molecule has 1 rings (SSSR count). The minimum Gasteiger partial charge on any atom is -0.380 e. The average molecular weight is 526 g/mol. The Labute approximate surface area is 224 Å². The van der Waals surface area contributed by atoms with Crippen LogP contribution in [0.2, 0.25) is 0 Å². The van der Waals surface area contributed by atoms with Crippen LogP contribution in [-0.2, 0) is 38.2 Å². The van der Waals surface area contributed by atoms with Crippen LogP contribution < -0.4 is 0 Å². The van der Waals surface area contributed by atoms with Crippen molar-refractivity contribution in [3.8, 4) is 37.0 Å². The average Bonchev–Trinajstić information content (AvgIpc) is 3.12. The maximum atomic E-state index is 12.0.